The van der Waals surface area contributed by atoms with E-state index in [1.165, 1.54) is 30.7 Å². The molecule has 29 heavy (non-hydrogen) atoms. The normalized spacial score (nSPS) is 19.0. The van der Waals surface area contributed by atoms with Gasteiger partial charge in [0.25, 0.3) is 5.56 Å². The number of H-pyrrole nitrogens is 1. The van der Waals surface area contributed by atoms with Gasteiger partial charge in [-0.3, -0.25) is 4.79 Å². The average molecular weight is 436 g/mol. The topological polar surface area (TPSA) is 82.3 Å². The van der Waals surface area contributed by atoms with E-state index in [2.05, 4.69) is 14.6 Å². The number of rotatable bonds is 7. The molecule has 1 aliphatic carbocycles. The summed E-state index contributed by atoms with van der Waals surface area (Å²) in [5.41, 5.74) is 2.28. The number of hydrogen-bond acceptors (Lipinski definition) is 5. The number of hydrogen-bond donors (Lipinski definition) is 2. The second kappa shape index (κ2) is 8.34. The largest absolute Gasteiger partial charge is 0.326 e. The van der Waals surface area contributed by atoms with Gasteiger partial charge in [0.15, 0.2) is 0 Å². The first-order chi connectivity index (χ1) is 13.9. The number of aromatic nitrogens is 1. The van der Waals surface area contributed by atoms with Crippen LogP contribution in [0, 0.1) is 12.8 Å². The third kappa shape index (κ3) is 4.82. The summed E-state index contributed by atoms with van der Waals surface area (Å²) in [5, 5.41) is 0. The smallest absolute Gasteiger partial charge is 0.251 e. The zero-order chi connectivity index (χ0) is 20.6. The van der Waals surface area contributed by atoms with Gasteiger partial charge >= 0.3 is 0 Å². The van der Waals surface area contributed by atoms with Crippen LogP contribution in [0.1, 0.15) is 43.9 Å². The Morgan fingerprint density at radius 1 is 1.21 bits per heavy atom. The van der Waals surface area contributed by atoms with Gasteiger partial charge in [-0.05, 0) is 76.2 Å². The minimum Gasteiger partial charge on any atom is -0.326 e. The highest BCUT2D eigenvalue weighted by Crippen LogP contribution is 2.33. The summed E-state index contributed by atoms with van der Waals surface area (Å²) < 4.78 is 29.0. The van der Waals surface area contributed by atoms with Gasteiger partial charge < -0.3 is 9.88 Å². The first kappa shape index (κ1) is 20.8. The van der Waals surface area contributed by atoms with Crippen LogP contribution in [-0.4, -0.2) is 44.0 Å². The van der Waals surface area contributed by atoms with E-state index in [1.807, 2.05) is 26.0 Å². The highest BCUT2D eigenvalue weighted by molar-refractivity contribution is 7.91. The van der Waals surface area contributed by atoms with E-state index in [-0.39, 0.29) is 11.6 Å². The van der Waals surface area contributed by atoms with Gasteiger partial charge in [0.1, 0.15) is 4.21 Å². The van der Waals surface area contributed by atoms with Crippen LogP contribution in [0.4, 0.5) is 0 Å². The number of aryl methyl sites for hydroxylation is 2. The summed E-state index contributed by atoms with van der Waals surface area (Å²) in [7, 11) is -3.53. The fraction of sp³-hybridized carbons (Fsp3) is 0.571. The van der Waals surface area contributed by atoms with E-state index >= 15 is 0 Å². The molecular weight excluding hydrogens is 406 g/mol. The van der Waals surface area contributed by atoms with Crippen LogP contribution in [0.2, 0.25) is 0 Å². The minimum absolute atomic E-state index is 0.00233. The molecule has 2 N–H and O–H groups in total. The molecule has 0 bridgehead atoms. The van der Waals surface area contributed by atoms with Crippen molar-refractivity contribution in [1.29, 1.82) is 0 Å². The van der Waals surface area contributed by atoms with Crippen molar-refractivity contribution in [3.63, 3.8) is 0 Å². The second-order valence-corrected chi connectivity index (χ2v) is 11.3. The number of piperidine rings is 1. The molecule has 0 amide bonds. The van der Waals surface area contributed by atoms with Gasteiger partial charge in [-0.15, -0.1) is 11.3 Å². The molecule has 1 aliphatic heterocycles. The Labute approximate surface area is 176 Å². The second-order valence-electron chi connectivity index (χ2n) is 8.27. The first-order valence-corrected chi connectivity index (χ1v) is 12.7. The third-order valence-corrected chi connectivity index (χ3v) is 9.06. The summed E-state index contributed by atoms with van der Waals surface area (Å²) in [5.74, 6) is 0.873. The molecule has 0 radical (unpaired) electrons. The number of nitrogens with zero attached hydrogens (tertiary/aromatic N) is 1. The molecule has 0 aromatic carbocycles. The summed E-state index contributed by atoms with van der Waals surface area (Å²) in [4.78, 5) is 18.2. The lowest BCUT2D eigenvalue weighted by Crippen LogP contribution is -2.44. The molecule has 2 aromatic heterocycles. The van der Waals surface area contributed by atoms with Crippen LogP contribution in [0.3, 0.4) is 0 Å². The molecule has 0 spiro atoms. The molecule has 3 heterocycles. The van der Waals surface area contributed by atoms with Gasteiger partial charge in [0.2, 0.25) is 10.0 Å². The maximum Gasteiger partial charge on any atom is 0.251 e. The lowest BCUT2D eigenvalue weighted by Gasteiger charge is -2.32. The van der Waals surface area contributed by atoms with Crippen LogP contribution in [0.15, 0.2) is 27.2 Å². The molecule has 1 saturated carbocycles. The van der Waals surface area contributed by atoms with Crippen LogP contribution >= 0.6 is 11.3 Å². The first-order valence-electron chi connectivity index (χ1n) is 10.4. The SMILES string of the molecule is CCc1cc(-c2ccc(S(=O)(=O)NC3CCN(CC4CC4)CC3)s2)c(C)[nH]c1=O. The van der Waals surface area contributed by atoms with Gasteiger partial charge in [-0.1, -0.05) is 6.92 Å². The number of aromatic amines is 1. The molecule has 0 unspecified atom stereocenters. The third-order valence-electron chi connectivity index (χ3n) is 5.93. The fourth-order valence-corrected chi connectivity index (χ4v) is 6.67. The molecule has 1 saturated heterocycles. The maximum atomic E-state index is 12.9. The number of pyridine rings is 1. The zero-order valence-electron chi connectivity index (χ0n) is 17.0. The van der Waals surface area contributed by atoms with Crippen molar-refractivity contribution in [2.24, 2.45) is 5.92 Å². The molecule has 158 valence electrons. The van der Waals surface area contributed by atoms with Crippen molar-refractivity contribution in [3.05, 3.63) is 39.8 Å². The monoisotopic (exact) mass is 435 g/mol. The van der Waals surface area contributed by atoms with Crippen molar-refractivity contribution >= 4 is 21.4 Å². The lowest BCUT2D eigenvalue weighted by molar-refractivity contribution is 0.200. The molecule has 0 atom stereocenters. The van der Waals surface area contributed by atoms with Crippen LogP contribution in [-0.2, 0) is 16.4 Å². The van der Waals surface area contributed by atoms with E-state index in [0.29, 0.717) is 16.2 Å². The number of thiophene rings is 1. The quantitative estimate of drug-likeness (QED) is 0.700. The van der Waals surface area contributed by atoms with E-state index < -0.39 is 10.0 Å². The van der Waals surface area contributed by atoms with Crippen LogP contribution in [0.5, 0.6) is 0 Å². The Morgan fingerprint density at radius 2 is 1.93 bits per heavy atom. The van der Waals surface area contributed by atoms with Crippen LogP contribution < -0.4 is 10.3 Å². The van der Waals surface area contributed by atoms with E-state index in [0.717, 1.165) is 48.0 Å². The summed E-state index contributed by atoms with van der Waals surface area (Å²) >= 11 is 1.26. The van der Waals surface area contributed by atoms with Gasteiger partial charge in [-0.2, -0.15) is 0 Å². The molecule has 6 nitrogen and oxygen atoms in total. The Balaban J connectivity index is 1.45. The van der Waals surface area contributed by atoms with E-state index in [1.54, 1.807) is 6.07 Å². The van der Waals surface area contributed by atoms with Crippen molar-refractivity contribution in [3.8, 4) is 10.4 Å². The molecule has 4 rings (SSSR count). The van der Waals surface area contributed by atoms with Gasteiger partial charge in [0, 0.05) is 34.3 Å². The predicted molar refractivity (Wildman–Crippen MR) is 117 cm³/mol. The van der Waals surface area contributed by atoms with Gasteiger partial charge in [0.05, 0.1) is 0 Å². The standard InChI is InChI=1S/C21H29N3O3S2/c1-3-16-12-18(14(2)22-21(16)25)19-6-7-20(28-19)29(26,27)23-17-8-10-24(11-9-17)13-15-4-5-15/h6-7,12,15,17,23H,3-5,8-11,13H2,1-2H3,(H,22,25). The molecule has 2 fully saturated rings. The Morgan fingerprint density at radius 3 is 2.59 bits per heavy atom. The van der Waals surface area contributed by atoms with Crippen molar-refractivity contribution in [2.75, 3.05) is 19.6 Å². The fourth-order valence-electron chi connectivity index (χ4n) is 3.97. The Kier molecular flexibility index (Phi) is 5.97. The minimum atomic E-state index is -3.53. The van der Waals surface area contributed by atoms with Crippen molar-refractivity contribution in [1.82, 2.24) is 14.6 Å². The van der Waals surface area contributed by atoms with Gasteiger partial charge in [-0.25, -0.2) is 13.1 Å². The Hall–Kier alpha value is -1.48. The average Bonchev–Trinajstić information content (AvgIpc) is 3.35. The highest BCUT2D eigenvalue weighted by Gasteiger charge is 2.29. The van der Waals surface area contributed by atoms with Crippen molar-refractivity contribution in [2.45, 2.75) is 56.2 Å². The lowest BCUT2D eigenvalue weighted by atomic mass is 10.1. The predicted octanol–water partition coefficient (Wildman–Crippen LogP) is 3.13. The highest BCUT2D eigenvalue weighted by atomic mass is 32.2. The summed E-state index contributed by atoms with van der Waals surface area (Å²) in [6.45, 7) is 6.89. The molecular formula is C21H29N3O3S2. The Bertz CT molecular complexity index is 1030. The number of sulfonamides is 1. The maximum absolute atomic E-state index is 12.9. The van der Waals surface area contributed by atoms with E-state index in [4.69, 9.17) is 0 Å². The summed E-state index contributed by atoms with van der Waals surface area (Å²) in [6, 6.07) is 5.38. The molecule has 2 aliphatic rings. The van der Waals surface area contributed by atoms with Crippen LogP contribution in [0.25, 0.3) is 10.4 Å². The summed E-state index contributed by atoms with van der Waals surface area (Å²) in [6.07, 6.45) is 5.07. The number of likely N-dealkylation sites (tertiary alicyclic amines) is 1. The molecule has 2 aromatic rings. The van der Waals surface area contributed by atoms with E-state index in [9.17, 15) is 13.2 Å². The number of nitrogens with one attached hydrogen (secondary N) is 2. The zero-order valence-corrected chi connectivity index (χ0v) is 18.7. The van der Waals surface area contributed by atoms with Crippen molar-refractivity contribution < 1.29 is 8.42 Å². The molecule has 8 heteroatoms.